The smallest absolute Gasteiger partial charge is 0.217 e. The van der Waals surface area contributed by atoms with Crippen LogP contribution in [-0.4, -0.2) is 168 Å². The number of aliphatic hydroxyl groups is 8. The van der Waals surface area contributed by atoms with E-state index in [1.807, 2.05) is 0 Å². The molecule has 0 radical (unpaired) electrons. The first-order chi connectivity index (χ1) is 19.3. The van der Waals surface area contributed by atoms with E-state index in [-0.39, 0.29) is 6.61 Å². The zero-order valence-corrected chi connectivity index (χ0v) is 24.3. The first-order valence-corrected chi connectivity index (χ1v) is 13.3. The minimum atomic E-state index is -1.74. The molecule has 16 nitrogen and oxygen atoms in total. The van der Waals surface area contributed by atoms with Gasteiger partial charge in [-0.25, -0.2) is 0 Å². The molecule has 0 spiro atoms. The van der Waals surface area contributed by atoms with Gasteiger partial charge in [0.15, 0.2) is 12.6 Å². The van der Waals surface area contributed by atoms with Crippen molar-refractivity contribution in [3.05, 3.63) is 0 Å². The minimum absolute atomic E-state index is 0.235. The topological polar surface area (TPSA) is 246 Å². The van der Waals surface area contributed by atoms with Crippen molar-refractivity contribution in [2.45, 2.75) is 94.3 Å². The number of carbonyl (C=O) groups is 1. The molecule has 1 fully saturated rings. The van der Waals surface area contributed by atoms with Crippen molar-refractivity contribution in [2.75, 3.05) is 47.8 Å². The van der Waals surface area contributed by atoms with Crippen LogP contribution in [0.25, 0.3) is 0 Å². The molecule has 1 rings (SSSR count). The molecule has 1 aliphatic heterocycles. The number of hydrogen-bond donors (Lipinski definition) is 9. The molecule has 14 atom stereocenters. The predicted molar refractivity (Wildman–Crippen MR) is 139 cm³/mol. The van der Waals surface area contributed by atoms with Crippen LogP contribution in [0.3, 0.4) is 0 Å². The van der Waals surface area contributed by atoms with Crippen LogP contribution in [-0.2, 0) is 33.2 Å². The average Bonchev–Trinajstić information content (AvgIpc) is 2.95. The third-order valence-electron chi connectivity index (χ3n) is 7.30. The third-order valence-corrected chi connectivity index (χ3v) is 7.30. The standard InChI is InChI=1S/C25H49NO15/c1-11(14(31)7-27)22(15(32)10-36-4)40-24-18(26-13(3)30)23(20(34)17(9-29)39-24)41-25(38-6)21(35)19(33)12(2)16(8-28)37-5/h11-12,14-25,27-29,31-35H,7-10H2,1-6H3,(H,26,30)/t11?,12?,14-,15-,16-,17?,18?,19?,20?,21?,22?,23?,24?,25?/m1/s1. The highest BCUT2D eigenvalue weighted by Crippen LogP contribution is 2.30. The molecule has 0 aromatic carbocycles. The molecule has 0 aromatic heterocycles. The molecule has 1 heterocycles. The number of aliphatic hydroxyl groups excluding tert-OH is 8. The second-order valence-corrected chi connectivity index (χ2v) is 10.2. The number of hydrogen-bond acceptors (Lipinski definition) is 15. The highest BCUT2D eigenvalue weighted by molar-refractivity contribution is 5.73. The lowest BCUT2D eigenvalue weighted by atomic mass is 9.92. The molecular weight excluding hydrogens is 554 g/mol. The van der Waals surface area contributed by atoms with Crippen molar-refractivity contribution in [3.63, 3.8) is 0 Å². The van der Waals surface area contributed by atoms with Crippen molar-refractivity contribution in [3.8, 4) is 0 Å². The maximum atomic E-state index is 12.2. The monoisotopic (exact) mass is 603 g/mol. The number of carbonyl (C=O) groups excluding carboxylic acids is 1. The van der Waals surface area contributed by atoms with E-state index in [1.165, 1.54) is 35.0 Å². The van der Waals surface area contributed by atoms with Crippen LogP contribution in [0.15, 0.2) is 0 Å². The molecule has 1 saturated heterocycles. The number of nitrogens with one attached hydrogen (secondary N) is 1. The quantitative estimate of drug-likeness (QED) is 0.0634. The van der Waals surface area contributed by atoms with Crippen LogP contribution in [0.1, 0.15) is 20.8 Å². The number of ether oxygens (including phenoxy) is 6. The fourth-order valence-electron chi connectivity index (χ4n) is 4.68. The molecule has 0 aromatic rings. The van der Waals surface area contributed by atoms with Crippen LogP contribution in [0.2, 0.25) is 0 Å². The summed E-state index contributed by atoms with van der Waals surface area (Å²) in [5, 5.41) is 85.0. The van der Waals surface area contributed by atoms with Crippen molar-refractivity contribution in [1.82, 2.24) is 5.32 Å². The van der Waals surface area contributed by atoms with E-state index in [1.54, 1.807) is 0 Å². The van der Waals surface area contributed by atoms with Crippen LogP contribution >= 0.6 is 0 Å². The summed E-state index contributed by atoms with van der Waals surface area (Å²) >= 11 is 0. The van der Waals surface area contributed by atoms with Crippen LogP contribution in [0, 0.1) is 11.8 Å². The van der Waals surface area contributed by atoms with Gasteiger partial charge in [0.1, 0.15) is 36.6 Å². The second-order valence-electron chi connectivity index (χ2n) is 10.2. The van der Waals surface area contributed by atoms with Crippen molar-refractivity contribution < 1.29 is 74.1 Å². The SMILES string of the molecule is COC[C@@H](O)C(OC1OC(CO)C(O)C(OC(OC)C(O)C(O)C(C)[C@@H](CO)OC)C1NC(C)=O)C(C)[C@H](O)CO. The molecule has 41 heavy (non-hydrogen) atoms. The Morgan fingerprint density at radius 3 is 2.00 bits per heavy atom. The molecule has 9 N–H and O–H groups in total. The fourth-order valence-corrected chi connectivity index (χ4v) is 4.68. The van der Waals surface area contributed by atoms with Gasteiger partial charge in [0.25, 0.3) is 0 Å². The van der Waals surface area contributed by atoms with Gasteiger partial charge in [0, 0.05) is 40.1 Å². The summed E-state index contributed by atoms with van der Waals surface area (Å²) in [7, 11) is 3.81. The number of amides is 1. The van der Waals surface area contributed by atoms with Crippen molar-refractivity contribution >= 4 is 5.91 Å². The first kappa shape index (κ1) is 37.9. The molecule has 244 valence electrons. The van der Waals surface area contributed by atoms with E-state index in [0.29, 0.717) is 0 Å². The molecule has 0 bridgehead atoms. The lowest BCUT2D eigenvalue weighted by Gasteiger charge is -2.47. The van der Waals surface area contributed by atoms with E-state index < -0.39 is 111 Å². The van der Waals surface area contributed by atoms with Crippen LogP contribution in [0.4, 0.5) is 0 Å². The van der Waals surface area contributed by atoms with Crippen LogP contribution in [0.5, 0.6) is 0 Å². The summed E-state index contributed by atoms with van der Waals surface area (Å²) in [6.45, 7) is 2.11. The summed E-state index contributed by atoms with van der Waals surface area (Å²) in [6.07, 6.45) is -15.6. The molecular formula is C25H49NO15. The number of rotatable bonds is 19. The Hall–Kier alpha value is -1.09. The molecule has 1 aliphatic rings. The Morgan fingerprint density at radius 2 is 1.54 bits per heavy atom. The molecule has 0 aliphatic carbocycles. The van der Waals surface area contributed by atoms with Crippen molar-refractivity contribution in [2.24, 2.45) is 11.8 Å². The van der Waals surface area contributed by atoms with Gasteiger partial charge < -0.3 is 74.6 Å². The maximum absolute atomic E-state index is 12.2. The second kappa shape index (κ2) is 18.5. The summed E-state index contributed by atoms with van der Waals surface area (Å²) in [5.41, 5.74) is 0. The van der Waals surface area contributed by atoms with Gasteiger partial charge in [0.05, 0.1) is 50.8 Å². The maximum Gasteiger partial charge on any atom is 0.217 e. The van der Waals surface area contributed by atoms with E-state index in [9.17, 15) is 45.6 Å². The van der Waals surface area contributed by atoms with E-state index >= 15 is 0 Å². The molecule has 11 unspecified atom stereocenters. The van der Waals surface area contributed by atoms with Gasteiger partial charge in [-0.05, 0) is 0 Å². The Labute approximate surface area is 239 Å². The van der Waals surface area contributed by atoms with Crippen molar-refractivity contribution in [1.29, 1.82) is 0 Å². The van der Waals surface area contributed by atoms with Gasteiger partial charge in [-0.2, -0.15) is 0 Å². The van der Waals surface area contributed by atoms with Gasteiger partial charge in [0.2, 0.25) is 5.91 Å². The first-order valence-electron chi connectivity index (χ1n) is 13.3. The number of methoxy groups -OCH3 is 3. The lowest BCUT2D eigenvalue weighted by molar-refractivity contribution is -0.326. The van der Waals surface area contributed by atoms with Gasteiger partial charge >= 0.3 is 0 Å². The molecule has 16 heteroatoms. The molecule has 0 saturated carbocycles. The Kier molecular flexibility index (Phi) is 17.2. The Bertz CT molecular complexity index is 731. The van der Waals surface area contributed by atoms with E-state index in [2.05, 4.69) is 5.32 Å². The average molecular weight is 604 g/mol. The highest BCUT2D eigenvalue weighted by Gasteiger charge is 2.50. The largest absolute Gasteiger partial charge is 0.394 e. The zero-order valence-electron chi connectivity index (χ0n) is 24.3. The van der Waals surface area contributed by atoms with E-state index in [4.69, 9.17) is 28.4 Å². The van der Waals surface area contributed by atoms with Crippen LogP contribution < -0.4 is 5.32 Å². The lowest BCUT2D eigenvalue weighted by Crippen LogP contribution is -2.67. The summed E-state index contributed by atoms with van der Waals surface area (Å²) < 4.78 is 33.0. The minimum Gasteiger partial charge on any atom is -0.394 e. The summed E-state index contributed by atoms with van der Waals surface area (Å²) in [6, 6.07) is -1.34. The van der Waals surface area contributed by atoms with E-state index in [0.717, 1.165) is 7.11 Å². The normalized spacial score (nSPS) is 30.0. The predicted octanol–water partition coefficient (Wildman–Crippen LogP) is -4.33. The Morgan fingerprint density at radius 1 is 0.902 bits per heavy atom. The van der Waals surface area contributed by atoms with Gasteiger partial charge in [-0.15, -0.1) is 0 Å². The fraction of sp³-hybridized carbons (Fsp3) is 0.960. The molecule has 1 amide bonds. The van der Waals surface area contributed by atoms with Gasteiger partial charge in [-0.1, -0.05) is 13.8 Å². The highest BCUT2D eigenvalue weighted by atomic mass is 16.7. The van der Waals surface area contributed by atoms with Gasteiger partial charge in [-0.3, -0.25) is 4.79 Å². The Balaban J connectivity index is 3.42. The zero-order chi connectivity index (χ0) is 31.4. The third kappa shape index (κ3) is 10.3. The summed E-state index contributed by atoms with van der Waals surface area (Å²) in [5.74, 6) is -2.30. The summed E-state index contributed by atoms with van der Waals surface area (Å²) in [4.78, 5) is 12.2.